The third-order valence-corrected chi connectivity index (χ3v) is 5.85. The van der Waals surface area contributed by atoms with Gasteiger partial charge in [0.25, 0.3) is 5.91 Å². The molecule has 2 heterocycles. The van der Waals surface area contributed by atoms with Gasteiger partial charge in [-0.05, 0) is 42.2 Å². The topological polar surface area (TPSA) is 83.6 Å². The number of piperidine rings is 1. The number of carbonyl (C=O) groups is 4. The first-order valence-electron chi connectivity index (χ1n) is 10.5. The minimum absolute atomic E-state index is 0.0258. The Hall–Kier alpha value is -3.13. The number of nitrogens with one attached hydrogen (secondary N) is 1. The molecule has 0 spiro atoms. The summed E-state index contributed by atoms with van der Waals surface area (Å²) in [6, 6.07) is 7.60. The zero-order chi connectivity index (χ0) is 24.0. The maximum Gasteiger partial charge on any atom is 0.330 e. The van der Waals surface area contributed by atoms with E-state index in [4.69, 9.17) is 13.0 Å². The SMILES string of the molecule is [2H][C@@]1(N2Cc3cc(CCC(=O)C(F)(F)c4ccc(Cl)cc4)ccc3C2=O)CCC(=O)NC1=O. The average Bonchev–Trinajstić information content (AvgIpc) is 3.11. The number of rotatable bonds is 6. The van der Waals surface area contributed by atoms with Crippen LogP contribution in [0.3, 0.4) is 0 Å². The Kier molecular flexibility index (Phi) is 5.46. The molecule has 0 aliphatic carbocycles. The molecule has 1 fully saturated rings. The van der Waals surface area contributed by atoms with Crippen molar-refractivity contribution in [1.82, 2.24) is 10.2 Å². The van der Waals surface area contributed by atoms with Gasteiger partial charge in [-0.15, -0.1) is 0 Å². The Morgan fingerprint density at radius 1 is 1.19 bits per heavy atom. The van der Waals surface area contributed by atoms with Crippen LogP contribution >= 0.6 is 11.6 Å². The molecule has 0 bridgehead atoms. The van der Waals surface area contributed by atoms with E-state index in [1.54, 1.807) is 12.1 Å². The van der Waals surface area contributed by atoms with Crippen LogP contribution < -0.4 is 5.32 Å². The lowest BCUT2D eigenvalue weighted by Gasteiger charge is -2.29. The van der Waals surface area contributed by atoms with Crippen molar-refractivity contribution in [2.75, 3.05) is 0 Å². The molecular formula is C23H19ClF2N2O4. The normalized spacial score (nSPS) is 21.3. The van der Waals surface area contributed by atoms with Crippen molar-refractivity contribution < 1.29 is 29.3 Å². The van der Waals surface area contributed by atoms with Crippen LogP contribution in [0.5, 0.6) is 0 Å². The molecule has 9 heteroatoms. The molecule has 0 aromatic heterocycles. The van der Waals surface area contributed by atoms with Gasteiger partial charge in [-0.2, -0.15) is 8.78 Å². The predicted molar refractivity (Wildman–Crippen MR) is 111 cm³/mol. The first-order chi connectivity index (χ1) is 15.5. The quantitative estimate of drug-likeness (QED) is 0.668. The summed E-state index contributed by atoms with van der Waals surface area (Å²) < 4.78 is 37.5. The second kappa shape index (κ2) is 8.43. The van der Waals surface area contributed by atoms with Crippen LogP contribution in [0.15, 0.2) is 42.5 Å². The lowest BCUT2D eigenvalue weighted by Crippen LogP contribution is -2.52. The molecule has 1 N–H and O–H groups in total. The number of amides is 3. The van der Waals surface area contributed by atoms with Gasteiger partial charge in [-0.25, -0.2) is 0 Å². The Balaban J connectivity index is 1.46. The van der Waals surface area contributed by atoms with Gasteiger partial charge in [0.15, 0.2) is 0 Å². The largest absolute Gasteiger partial charge is 0.330 e. The number of Topliss-reactive ketones (excluding diaryl/α,β-unsaturated/α-hetero) is 1. The van der Waals surface area contributed by atoms with Gasteiger partial charge in [-0.3, -0.25) is 24.5 Å². The number of hydrogen-bond donors (Lipinski definition) is 1. The molecule has 2 aliphatic heterocycles. The molecule has 2 aromatic carbocycles. The second-order valence-electron chi connectivity index (χ2n) is 7.71. The number of hydrogen-bond acceptors (Lipinski definition) is 4. The fourth-order valence-corrected chi connectivity index (χ4v) is 3.97. The summed E-state index contributed by atoms with van der Waals surface area (Å²) >= 11 is 5.72. The van der Waals surface area contributed by atoms with Gasteiger partial charge in [0, 0.05) is 35.5 Å². The number of ketones is 1. The number of imide groups is 1. The summed E-state index contributed by atoms with van der Waals surface area (Å²) in [6.07, 6.45) is -0.549. The van der Waals surface area contributed by atoms with Crippen molar-refractivity contribution in [2.45, 2.75) is 44.2 Å². The smallest absolute Gasteiger partial charge is 0.322 e. The highest BCUT2D eigenvalue weighted by molar-refractivity contribution is 6.30. The summed E-state index contributed by atoms with van der Waals surface area (Å²) in [5, 5.41) is 2.38. The number of benzene rings is 2. The zero-order valence-electron chi connectivity index (χ0n) is 17.8. The summed E-state index contributed by atoms with van der Waals surface area (Å²) in [4.78, 5) is 49.8. The highest BCUT2D eigenvalue weighted by Crippen LogP contribution is 2.32. The number of carbonyl (C=O) groups excluding carboxylic acids is 4. The van der Waals surface area contributed by atoms with Crippen molar-refractivity contribution in [3.05, 3.63) is 69.7 Å². The van der Waals surface area contributed by atoms with Gasteiger partial charge in [0.1, 0.15) is 6.02 Å². The Bertz CT molecular complexity index is 1170. The summed E-state index contributed by atoms with van der Waals surface area (Å²) in [6.45, 7) is -0.0258. The number of nitrogens with zero attached hydrogens (tertiary/aromatic N) is 1. The van der Waals surface area contributed by atoms with Gasteiger partial charge in [0.2, 0.25) is 17.6 Å². The maximum absolute atomic E-state index is 14.5. The third kappa shape index (κ3) is 4.14. The molecule has 32 heavy (non-hydrogen) atoms. The highest BCUT2D eigenvalue weighted by atomic mass is 35.5. The molecule has 1 saturated heterocycles. The van der Waals surface area contributed by atoms with Crippen LogP contribution in [0, 0.1) is 0 Å². The van der Waals surface area contributed by atoms with Gasteiger partial charge in [-0.1, -0.05) is 35.9 Å². The lowest BCUT2D eigenvalue weighted by molar-refractivity contribution is -0.144. The first-order valence-corrected chi connectivity index (χ1v) is 10.4. The predicted octanol–water partition coefficient (Wildman–Crippen LogP) is 3.39. The van der Waals surface area contributed by atoms with Crippen LogP contribution in [-0.4, -0.2) is 34.4 Å². The van der Waals surface area contributed by atoms with Crippen LogP contribution in [0.1, 0.15) is 47.7 Å². The molecule has 1 atom stereocenters. The Morgan fingerprint density at radius 2 is 1.91 bits per heavy atom. The van der Waals surface area contributed by atoms with E-state index in [1.165, 1.54) is 18.2 Å². The van der Waals surface area contributed by atoms with Crippen LogP contribution in [0.2, 0.25) is 5.02 Å². The van der Waals surface area contributed by atoms with Crippen molar-refractivity contribution in [3.63, 3.8) is 0 Å². The fraction of sp³-hybridized carbons (Fsp3) is 0.304. The van der Waals surface area contributed by atoms with E-state index in [0.717, 1.165) is 17.0 Å². The van der Waals surface area contributed by atoms with Crippen molar-refractivity contribution in [2.24, 2.45) is 0 Å². The highest BCUT2D eigenvalue weighted by Gasteiger charge is 2.41. The van der Waals surface area contributed by atoms with E-state index in [2.05, 4.69) is 5.32 Å². The second-order valence-corrected chi connectivity index (χ2v) is 8.15. The molecule has 2 aliphatic rings. The molecule has 2 aromatic rings. The maximum atomic E-state index is 14.5. The molecule has 3 amide bonds. The zero-order valence-corrected chi connectivity index (χ0v) is 17.5. The van der Waals surface area contributed by atoms with Crippen LogP contribution in [0.25, 0.3) is 0 Å². The molecule has 0 radical (unpaired) electrons. The third-order valence-electron chi connectivity index (χ3n) is 5.60. The number of halogens is 3. The van der Waals surface area contributed by atoms with E-state index in [9.17, 15) is 28.0 Å². The molecular weight excluding hydrogens is 442 g/mol. The number of aryl methyl sites for hydroxylation is 1. The van der Waals surface area contributed by atoms with Crippen LogP contribution in [-0.2, 0) is 33.3 Å². The molecule has 0 saturated carbocycles. The van der Waals surface area contributed by atoms with Gasteiger partial charge in [0.05, 0.1) is 1.37 Å². The Labute approximate surface area is 188 Å². The van der Waals surface area contributed by atoms with Gasteiger partial charge < -0.3 is 4.90 Å². The molecule has 6 nitrogen and oxygen atoms in total. The minimum Gasteiger partial charge on any atom is -0.322 e. The van der Waals surface area contributed by atoms with Crippen LogP contribution in [0.4, 0.5) is 8.78 Å². The van der Waals surface area contributed by atoms with E-state index in [0.29, 0.717) is 16.7 Å². The van der Waals surface area contributed by atoms with E-state index >= 15 is 0 Å². The molecule has 0 unspecified atom stereocenters. The first kappa shape index (κ1) is 20.8. The lowest BCUT2D eigenvalue weighted by atomic mass is 9.97. The fourth-order valence-electron chi connectivity index (χ4n) is 3.85. The molecule has 4 rings (SSSR count). The number of fused-ring (bicyclic) bond motifs is 1. The van der Waals surface area contributed by atoms with Crippen molar-refractivity contribution in [1.29, 1.82) is 0 Å². The monoisotopic (exact) mass is 461 g/mol. The average molecular weight is 462 g/mol. The standard InChI is InChI=1S/C23H19ClF2N2O4/c24-16-5-3-15(4-6-16)23(25,26)19(29)9-2-13-1-7-17-14(11-13)12-28(22(17)32)18-8-10-20(30)27-21(18)31/h1,3-7,11,18H,2,8-10,12H2,(H,27,30,31)/t18-/m1/s1/i18D. The van der Waals surface area contributed by atoms with E-state index in [1.807, 2.05) is 0 Å². The van der Waals surface area contributed by atoms with Gasteiger partial charge >= 0.3 is 5.92 Å². The summed E-state index contributed by atoms with van der Waals surface area (Å²) in [5.41, 5.74) is 0.974. The van der Waals surface area contributed by atoms with Crippen molar-refractivity contribution in [3.8, 4) is 0 Å². The van der Waals surface area contributed by atoms with E-state index < -0.39 is 47.4 Å². The molecule has 166 valence electrons. The number of alkyl halides is 2. The summed E-state index contributed by atoms with van der Waals surface area (Å²) in [5.74, 6) is -6.75. The minimum atomic E-state index is -3.66. The summed E-state index contributed by atoms with van der Waals surface area (Å²) in [7, 11) is 0. The van der Waals surface area contributed by atoms with Crippen molar-refractivity contribution >= 4 is 35.1 Å². The Morgan fingerprint density at radius 3 is 2.59 bits per heavy atom. The van der Waals surface area contributed by atoms with E-state index in [-0.39, 0.29) is 30.8 Å².